The number of carbonyl (C=O) groups excluding carboxylic acids is 1. The minimum absolute atomic E-state index is 0.0434. The Morgan fingerprint density at radius 2 is 2.04 bits per heavy atom. The van der Waals surface area contributed by atoms with Gasteiger partial charge in [0.15, 0.2) is 0 Å². The van der Waals surface area contributed by atoms with Crippen molar-refractivity contribution in [3.8, 4) is 5.69 Å². The summed E-state index contributed by atoms with van der Waals surface area (Å²) in [4.78, 5) is 22.3. The second kappa shape index (κ2) is 7.38. The summed E-state index contributed by atoms with van der Waals surface area (Å²) in [6.07, 6.45) is 1.54. The third-order valence-corrected chi connectivity index (χ3v) is 3.39. The molecule has 1 heterocycles. The number of nitro benzene ring substituents is 1. The molecular formula is C16H13FN6O3. The van der Waals surface area contributed by atoms with E-state index in [0.29, 0.717) is 11.4 Å². The number of amides is 2. The van der Waals surface area contributed by atoms with Crippen LogP contribution in [-0.2, 0) is 6.54 Å². The maximum Gasteiger partial charge on any atom is 0.319 e. The third kappa shape index (κ3) is 3.98. The maximum absolute atomic E-state index is 13.2. The highest BCUT2D eigenvalue weighted by Gasteiger charge is 2.14. The Morgan fingerprint density at radius 3 is 2.81 bits per heavy atom. The van der Waals surface area contributed by atoms with Gasteiger partial charge < -0.3 is 10.6 Å². The first-order valence-electron chi connectivity index (χ1n) is 7.48. The van der Waals surface area contributed by atoms with Gasteiger partial charge in [-0.2, -0.15) is 0 Å². The lowest BCUT2D eigenvalue weighted by Gasteiger charge is -2.06. The summed E-state index contributed by atoms with van der Waals surface area (Å²) in [7, 11) is 0. The van der Waals surface area contributed by atoms with Crippen molar-refractivity contribution in [1.82, 2.24) is 20.3 Å². The molecule has 26 heavy (non-hydrogen) atoms. The summed E-state index contributed by atoms with van der Waals surface area (Å²) in [6, 6.07) is 11.0. The van der Waals surface area contributed by atoms with E-state index in [1.54, 1.807) is 24.4 Å². The van der Waals surface area contributed by atoms with Crippen LogP contribution in [0.5, 0.6) is 0 Å². The molecule has 0 aliphatic carbocycles. The molecule has 0 saturated heterocycles. The quantitative estimate of drug-likeness (QED) is 0.539. The number of nitrogens with one attached hydrogen (secondary N) is 2. The summed E-state index contributed by atoms with van der Waals surface area (Å²) < 4.78 is 14.6. The number of benzene rings is 2. The van der Waals surface area contributed by atoms with Crippen molar-refractivity contribution in [1.29, 1.82) is 0 Å². The number of nitrogens with zero attached hydrogens (tertiary/aromatic N) is 4. The smallest absolute Gasteiger partial charge is 0.319 e. The lowest BCUT2D eigenvalue weighted by atomic mass is 10.3. The summed E-state index contributed by atoms with van der Waals surface area (Å²) in [5.41, 5.74) is 0.804. The molecule has 3 rings (SSSR count). The summed E-state index contributed by atoms with van der Waals surface area (Å²) >= 11 is 0. The Bertz CT molecular complexity index is 958. The number of hydrogen-bond acceptors (Lipinski definition) is 5. The van der Waals surface area contributed by atoms with Crippen LogP contribution >= 0.6 is 0 Å². The minimum Gasteiger partial charge on any atom is -0.332 e. The van der Waals surface area contributed by atoms with Gasteiger partial charge >= 0.3 is 6.03 Å². The van der Waals surface area contributed by atoms with Gasteiger partial charge in [0, 0.05) is 6.07 Å². The van der Waals surface area contributed by atoms with Crippen LogP contribution in [0.25, 0.3) is 5.69 Å². The lowest BCUT2D eigenvalue weighted by molar-refractivity contribution is -0.383. The maximum atomic E-state index is 13.2. The number of anilines is 1. The van der Waals surface area contributed by atoms with E-state index in [1.165, 1.54) is 35.0 Å². The molecule has 0 atom stereocenters. The largest absolute Gasteiger partial charge is 0.332 e. The van der Waals surface area contributed by atoms with E-state index < -0.39 is 16.8 Å². The predicted octanol–water partition coefficient (Wildman–Crippen LogP) is 2.64. The first kappa shape index (κ1) is 17.0. The van der Waals surface area contributed by atoms with Crippen molar-refractivity contribution in [3.05, 3.63) is 76.4 Å². The molecule has 1 aromatic heterocycles. The zero-order valence-corrected chi connectivity index (χ0v) is 13.3. The number of rotatable bonds is 5. The Kier molecular flexibility index (Phi) is 4.83. The van der Waals surface area contributed by atoms with Gasteiger partial charge in [0.25, 0.3) is 5.69 Å². The number of aromatic nitrogens is 3. The molecular weight excluding hydrogens is 343 g/mol. The number of para-hydroxylation sites is 2. The zero-order valence-electron chi connectivity index (χ0n) is 13.3. The first-order chi connectivity index (χ1) is 12.5. The minimum atomic E-state index is -0.625. The average Bonchev–Trinajstić information content (AvgIpc) is 3.09. The van der Waals surface area contributed by atoms with E-state index >= 15 is 0 Å². The number of halogens is 1. The monoisotopic (exact) mass is 356 g/mol. The number of nitro groups is 1. The lowest BCUT2D eigenvalue weighted by Crippen LogP contribution is -2.28. The summed E-state index contributed by atoms with van der Waals surface area (Å²) in [5.74, 6) is -0.401. The molecule has 9 nitrogen and oxygen atoms in total. The second-order valence-corrected chi connectivity index (χ2v) is 5.22. The van der Waals surface area contributed by atoms with Crippen molar-refractivity contribution in [2.75, 3.05) is 5.32 Å². The van der Waals surface area contributed by atoms with Crippen molar-refractivity contribution >= 4 is 17.4 Å². The molecule has 0 bridgehead atoms. The molecule has 3 aromatic rings. The van der Waals surface area contributed by atoms with E-state index in [9.17, 15) is 19.3 Å². The molecule has 0 saturated carbocycles. The standard InChI is InChI=1S/C16H13FN6O3/c17-11-4-3-5-13(8-11)22-10-12(20-21-22)9-18-16(24)19-14-6-1-2-7-15(14)23(25)26/h1-8,10H,9H2,(H2,18,19,24). The second-order valence-electron chi connectivity index (χ2n) is 5.22. The van der Waals surface area contributed by atoms with Gasteiger partial charge in [-0.1, -0.05) is 23.4 Å². The molecule has 2 amide bonds. The van der Waals surface area contributed by atoms with Crippen molar-refractivity contribution in [2.24, 2.45) is 0 Å². The molecule has 2 aromatic carbocycles. The summed E-state index contributed by atoms with van der Waals surface area (Å²) in [5, 5.41) is 23.6. The number of carbonyl (C=O) groups is 1. The van der Waals surface area contributed by atoms with Crippen LogP contribution in [0.1, 0.15) is 5.69 Å². The van der Waals surface area contributed by atoms with Gasteiger partial charge in [-0.3, -0.25) is 10.1 Å². The average molecular weight is 356 g/mol. The fraction of sp³-hybridized carbons (Fsp3) is 0.0625. The van der Waals surface area contributed by atoms with E-state index in [1.807, 2.05) is 0 Å². The molecule has 0 aliphatic rings. The Morgan fingerprint density at radius 1 is 1.23 bits per heavy atom. The molecule has 0 fully saturated rings. The highest BCUT2D eigenvalue weighted by Crippen LogP contribution is 2.22. The van der Waals surface area contributed by atoms with E-state index in [0.717, 1.165) is 0 Å². The van der Waals surface area contributed by atoms with Crippen LogP contribution in [0.2, 0.25) is 0 Å². The van der Waals surface area contributed by atoms with Gasteiger partial charge in [-0.25, -0.2) is 13.9 Å². The first-order valence-corrected chi connectivity index (χ1v) is 7.48. The number of hydrogen-bond donors (Lipinski definition) is 2. The SMILES string of the molecule is O=C(NCc1cn(-c2cccc(F)c2)nn1)Nc1ccccc1[N+](=O)[O-]. The van der Waals surface area contributed by atoms with Gasteiger partial charge in [0.2, 0.25) is 0 Å². The summed E-state index contributed by atoms with van der Waals surface area (Å²) in [6.45, 7) is 0.0434. The van der Waals surface area contributed by atoms with Crippen molar-refractivity contribution in [2.45, 2.75) is 6.54 Å². The molecule has 0 spiro atoms. The fourth-order valence-electron chi connectivity index (χ4n) is 2.20. The zero-order chi connectivity index (χ0) is 18.5. The van der Waals surface area contributed by atoms with E-state index in [2.05, 4.69) is 20.9 Å². The Balaban J connectivity index is 1.61. The normalized spacial score (nSPS) is 10.3. The Labute approximate surface area is 146 Å². The van der Waals surface area contributed by atoms with Crippen LogP contribution in [-0.4, -0.2) is 25.9 Å². The topological polar surface area (TPSA) is 115 Å². The van der Waals surface area contributed by atoms with Crippen LogP contribution in [0, 0.1) is 15.9 Å². The fourth-order valence-corrected chi connectivity index (χ4v) is 2.20. The van der Waals surface area contributed by atoms with Crippen molar-refractivity contribution in [3.63, 3.8) is 0 Å². The van der Waals surface area contributed by atoms with Crippen LogP contribution in [0.4, 0.5) is 20.6 Å². The number of urea groups is 1. The van der Waals surface area contributed by atoms with Crippen LogP contribution < -0.4 is 10.6 Å². The van der Waals surface area contributed by atoms with Crippen LogP contribution in [0.15, 0.2) is 54.7 Å². The molecule has 2 N–H and O–H groups in total. The highest BCUT2D eigenvalue weighted by atomic mass is 19.1. The van der Waals surface area contributed by atoms with Gasteiger partial charge in [0.05, 0.1) is 23.4 Å². The van der Waals surface area contributed by atoms with Gasteiger partial charge in [-0.15, -0.1) is 5.10 Å². The third-order valence-electron chi connectivity index (χ3n) is 3.39. The molecule has 0 aliphatic heterocycles. The van der Waals surface area contributed by atoms with Crippen LogP contribution in [0.3, 0.4) is 0 Å². The van der Waals surface area contributed by atoms with Gasteiger partial charge in [0.1, 0.15) is 17.2 Å². The highest BCUT2D eigenvalue weighted by molar-refractivity contribution is 5.91. The van der Waals surface area contributed by atoms with Gasteiger partial charge in [-0.05, 0) is 24.3 Å². The molecule has 132 valence electrons. The Hall–Kier alpha value is -3.82. The van der Waals surface area contributed by atoms with E-state index in [-0.39, 0.29) is 17.9 Å². The molecule has 10 heteroatoms. The molecule has 0 radical (unpaired) electrons. The van der Waals surface area contributed by atoms with Crippen molar-refractivity contribution < 1.29 is 14.1 Å². The predicted molar refractivity (Wildman–Crippen MR) is 90.3 cm³/mol. The van der Waals surface area contributed by atoms with E-state index in [4.69, 9.17) is 0 Å². The molecule has 0 unspecified atom stereocenters.